The topological polar surface area (TPSA) is 112 Å². The van der Waals surface area contributed by atoms with Crippen molar-refractivity contribution in [2.24, 2.45) is 0 Å². The predicted molar refractivity (Wildman–Crippen MR) is 144 cm³/mol. The molecule has 2 saturated heterocycles. The van der Waals surface area contributed by atoms with Crippen LogP contribution in [0.2, 0.25) is 0 Å². The molecule has 0 radical (unpaired) electrons. The molecule has 4 amide bonds. The number of piperidine rings is 1. The van der Waals surface area contributed by atoms with E-state index in [4.69, 9.17) is 0 Å². The molecule has 0 spiro atoms. The van der Waals surface area contributed by atoms with Crippen LogP contribution in [-0.2, 0) is 22.7 Å². The molecule has 1 atom stereocenters. The van der Waals surface area contributed by atoms with Crippen molar-refractivity contribution in [1.29, 1.82) is 0 Å². The van der Waals surface area contributed by atoms with Gasteiger partial charge in [-0.2, -0.15) is 0 Å². The summed E-state index contributed by atoms with van der Waals surface area (Å²) in [6.07, 6.45) is 2.07. The van der Waals surface area contributed by atoms with E-state index in [1.807, 2.05) is 18.3 Å². The third kappa shape index (κ3) is 4.70. The number of benzene rings is 2. The molecule has 9 heteroatoms. The molecule has 9 nitrogen and oxygen atoms in total. The van der Waals surface area contributed by atoms with E-state index in [0.717, 1.165) is 35.8 Å². The van der Waals surface area contributed by atoms with E-state index in [1.165, 1.54) is 11.1 Å². The molecule has 39 heavy (non-hydrogen) atoms. The minimum Gasteiger partial charge on any atom is -0.380 e. The van der Waals surface area contributed by atoms with Crippen LogP contribution in [0.25, 0.3) is 0 Å². The van der Waals surface area contributed by atoms with Crippen LogP contribution in [0.5, 0.6) is 0 Å². The van der Waals surface area contributed by atoms with E-state index in [-0.39, 0.29) is 24.0 Å². The van der Waals surface area contributed by atoms with Gasteiger partial charge in [-0.3, -0.25) is 39.3 Å². The van der Waals surface area contributed by atoms with Gasteiger partial charge in [-0.15, -0.1) is 0 Å². The molecule has 3 aromatic rings. The Hall–Kier alpha value is -4.37. The first-order valence-electron chi connectivity index (χ1n) is 13.2. The summed E-state index contributed by atoms with van der Waals surface area (Å²) in [6.45, 7) is 5.48. The van der Waals surface area contributed by atoms with E-state index in [0.29, 0.717) is 18.2 Å². The highest BCUT2D eigenvalue weighted by Gasteiger charge is 2.45. The molecule has 6 rings (SSSR count). The van der Waals surface area contributed by atoms with E-state index in [9.17, 15) is 19.2 Å². The Morgan fingerprint density at radius 3 is 2.59 bits per heavy atom. The van der Waals surface area contributed by atoms with Gasteiger partial charge in [0.15, 0.2) is 0 Å². The normalized spacial score (nSPS) is 19.6. The van der Waals surface area contributed by atoms with Gasteiger partial charge in [-0.1, -0.05) is 30.3 Å². The molecule has 4 heterocycles. The van der Waals surface area contributed by atoms with E-state index in [2.05, 4.69) is 51.7 Å². The third-order valence-corrected chi connectivity index (χ3v) is 7.82. The number of pyridine rings is 1. The summed E-state index contributed by atoms with van der Waals surface area (Å²) in [5.41, 5.74) is 5.76. The summed E-state index contributed by atoms with van der Waals surface area (Å²) in [6, 6.07) is 16.5. The number of aryl methyl sites for hydroxylation is 1. The number of fused-ring (bicyclic) bond motifs is 1. The lowest BCUT2D eigenvalue weighted by Gasteiger charge is -2.39. The van der Waals surface area contributed by atoms with Crippen molar-refractivity contribution >= 4 is 29.3 Å². The number of anilines is 1. The molecular weight excluding hydrogens is 494 g/mol. The smallest absolute Gasteiger partial charge is 0.264 e. The van der Waals surface area contributed by atoms with Crippen LogP contribution in [-0.4, -0.2) is 57.5 Å². The van der Waals surface area contributed by atoms with Gasteiger partial charge in [0.2, 0.25) is 11.8 Å². The number of rotatable bonds is 7. The summed E-state index contributed by atoms with van der Waals surface area (Å²) in [4.78, 5) is 58.2. The maximum Gasteiger partial charge on any atom is 0.264 e. The van der Waals surface area contributed by atoms with Gasteiger partial charge in [0.05, 0.1) is 11.1 Å². The Morgan fingerprint density at radius 2 is 1.85 bits per heavy atom. The second-order valence-corrected chi connectivity index (χ2v) is 10.4. The van der Waals surface area contributed by atoms with Crippen molar-refractivity contribution in [3.8, 4) is 0 Å². The summed E-state index contributed by atoms with van der Waals surface area (Å²) in [7, 11) is 0. The number of imide groups is 2. The fourth-order valence-corrected chi connectivity index (χ4v) is 5.65. The number of carbonyl (C=O) groups excluding carboxylic acids is 4. The number of nitrogens with zero attached hydrogens (tertiary/aromatic N) is 3. The molecule has 2 N–H and O–H groups in total. The lowest BCUT2D eigenvalue weighted by atomic mass is 9.94. The zero-order valence-electron chi connectivity index (χ0n) is 21.6. The van der Waals surface area contributed by atoms with Crippen molar-refractivity contribution in [2.75, 3.05) is 18.4 Å². The highest BCUT2D eigenvalue weighted by atomic mass is 16.2. The Labute approximate surface area is 226 Å². The van der Waals surface area contributed by atoms with E-state index < -0.39 is 29.7 Å². The van der Waals surface area contributed by atoms with Gasteiger partial charge in [0, 0.05) is 56.1 Å². The molecule has 1 unspecified atom stereocenters. The minimum absolute atomic E-state index is 0.0901. The maximum atomic E-state index is 13.3. The molecule has 198 valence electrons. The van der Waals surface area contributed by atoms with Crippen LogP contribution in [0.1, 0.15) is 61.9 Å². The first-order valence-corrected chi connectivity index (χ1v) is 13.2. The Balaban J connectivity index is 1.10. The second kappa shape index (κ2) is 10.1. The van der Waals surface area contributed by atoms with Crippen LogP contribution >= 0.6 is 0 Å². The molecule has 2 aromatic carbocycles. The van der Waals surface area contributed by atoms with Crippen molar-refractivity contribution < 1.29 is 19.2 Å². The fourth-order valence-electron chi connectivity index (χ4n) is 5.65. The van der Waals surface area contributed by atoms with Gasteiger partial charge in [0.25, 0.3) is 11.8 Å². The average molecular weight is 524 g/mol. The maximum absolute atomic E-state index is 13.3. The number of carbonyl (C=O) groups is 4. The largest absolute Gasteiger partial charge is 0.380 e. The van der Waals surface area contributed by atoms with Crippen molar-refractivity contribution in [3.63, 3.8) is 0 Å². The van der Waals surface area contributed by atoms with Gasteiger partial charge in [0.1, 0.15) is 6.04 Å². The SMILES string of the molecule is Cc1cc(CNc2cccc3c2C(=O)N(C2CCC(=O)NC2=O)C3=O)ccc1CN1CC(c2ccccn2)C1. The van der Waals surface area contributed by atoms with Crippen molar-refractivity contribution in [3.05, 3.63) is 94.3 Å². The van der Waals surface area contributed by atoms with Crippen LogP contribution in [0.3, 0.4) is 0 Å². The fraction of sp³-hybridized carbons (Fsp3) is 0.300. The zero-order chi connectivity index (χ0) is 27.1. The quantitative estimate of drug-likeness (QED) is 0.458. The first-order chi connectivity index (χ1) is 18.9. The molecule has 3 aliphatic rings. The lowest BCUT2D eigenvalue weighted by Crippen LogP contribution is -2.54. The summed E-state index contributed by atoms with van der Waals surface area (Å²) < 4.78 is 0. The lowest BCUT2D eigenvalue weighted by molar-refractivity contribution is -0.136. The van der Waals surface area contributed by atoms with E-state index >= 15 is 0 Å². The number of nitrogens with one attached hydrogen (secondary N) is 2. The first kappa shape index (κ1) is 24.9. The second-order valence-electron chi connectivity index (χ2n) is 10.4. The number of amides is 4. The number of aromatic nitrogens is 1. The molecular formula is C30H29N5O4. The molecule has 1 aromatic heterocycles. The number of hydrogen-bond acceptors (Lipinski definition) is 7. The number of likely N-dealkylation sites (tertiary alicyclic amines) is 1. The molecule has 2 fully saturated rings. The highest BCUT2D eigenvalue weighted by molar-refractivity contribution is 6.25. The van der Waals surface area contributed by atoms with Crippen LogP contribution in [0.15, 0.2) is 60.8 Å². The van der Waals surface area contributed by atoms with Gasteiger partial charge < -0.3 is 5.32 Å². The zero-order valence-corrected chi connectivity index (χ0v) is 21.6. The average Bonchev–Trinajstić information content (AvgIpc) is 3.16. The standard InChI is InChI=1S/C30H29N5O4/c1-18-13-19(8-9-20(18)15-34-16-21(17-34)23-6-2-3-12-31-23)14-32-24-7-4-5-22-27(24)30(39)35(29(22)38)25-10-11-26(36)33-28(25)37/h2-9,12-13,21,25,32H,10-11,14-17H2,1H3,(H,33,36,37). The van der Waals surface area contributed by atoms with Gasteiger partial charge >= 0.3 is 0 Å². The molecule has 3 aliphatic heterocycles. The van der Waals surface area contributed by atoms with Crippen LogP contribution in [0, 0.1) is 6.92 Å². The van der Waals surface area contributed by atoms with E-state index in [1.54, 1.807) is 18.2 Å². The highest BCUT2D eigenvalue weighted by Crippen LogP contribution is 2.33. The summed E-state index contributed by atoms with van der Waals surface area (Å²) in [5.74, 6) is -1.54. The minimum atomic E-state index is -0.983. The molecule has 0 aliphatic carbocycles. The van der Waals surface area contributed by atoms with Crippen molar-refractivity contribution in [2.45, 2.75) is 44.8 Å². The third-order valence-electron chi connectivity index (χ3n) is 7.82. The van der Waals surface area contributed by atoms with Gasteiger partial charge in [-0.25, -0.2) is 0 Å². The monoisotopic (exact) mass is 523 g/mol. The van der Waals surface area contributed by atoms with Gasteiger partial charge in [-0.05, 0) is 54.3 Å². The Bertz CT molecular complexity index is 1480. The molecule has 0 bridgehead atoms. The van der Waals surface area contributed by atoms with Crippen molar-refractivity contribution in [1.82, 2.24) is 20.1 Å². The summed E-state index contributed by atoms with van der Waals surface area (Å²) in [5, 5.41) is 5.54. The Morgan fingerprint density at radius 1 is 1.00 bits per heavy atom. The van der Waals surface area contributed by atoms with Crippen LogP contribution in [0.4, 0.5) is 5.69 Å². The Kier molecular flexibility index (Phi) is 6.44. The predicted octanol–water partition coefficient (Wildman–Crippen LogP) is 3.00. The molecule has 0 saturated carbocycles. The summed E-state index contributed by atoms with van der Waals surface area (Å²) >= 11 is 0. The van der Waals surface area contributed by atoms with Crippen LogP contribution < -0.4 is 10.6 Å². The number of hydrogen-bond donors (Lipinski definition) is 2.